The molecule has 0 spiro atoms. The minimum absolute atomic E-state index is 0.0410. The highest BCUT2D eigenvalue weighted by molar-refractivity contribution is 7.15. The third-order valence-corrected chi connectivity index (χ3v) is 3.12. The van der Waals surface area contributed by atoms with Crippen LogP contribution in [0.5, 0.6) is 0 Å². The largest absolute Gasteiger partial charge is 0.445 e. The molecule has 0 fully saturated rings. The predicted octanol–water partition coefficient (Wildman–Crippen LogP) is 1.74. The molecule has 1 aromatic heterocycles. The lowest BCUT2D eigenvalue weighted by Gasteiger charge is -2.22. The average molecular weight is 282 g/mol. The molecular formula is C9H13F3N4OS. The number of carbonyl (C=O) groups is 1. The normalized spacial score (nSPS) is 12.3. The number of nitrogens with one attached hydrogen (secondary N) is 2. The molecule has 2 N–H and O–H groups in total. The number of halogens is 3. The van der Waals surface area contributed by atoms with E-state index < -0.39 is 16.6 Å². The number of hydrogen-bond acceptors (Lipinski definition) is 5. The Kier molecular flexibility index (Phi) is 4.15. The molecule has 1 heterocycles. The number of hydrogen-bond donors (Lipinski definition) is 2. The molecule has 1 aromatic rings. The van der Waals surface area contributed by atoms with E-state index >= 15 is 0 Å². The number of rotatable bonds is 4. The summed E-state index contributed by atoms with van der Waals surface area (Å²) in [6.07, 6.45) is -4.49. The zero-order valence-electron chi connectivity index (χ0n) is 10.1. The minimum atomic E-state index is -4.49. The number of nitrogens with zero attached hydrogens (tertiary/aromatic N) is 2. The van der Waals surface area contributed by atoms with Crippen LogP contribution < -0.4 is 10.6 Å². The van der Waals surface area contributed by atoms with E-state index in [1.54, 1.807) is 13.8 Å². The van der Waals surface area contributed by atoms with Crippen molar-refractivity contribution in [2.45, 2.75) is 20.0 Å². The Hall–Kier alpha value is -1.38. The molecule has 18 heavy (non-hydrogen) atoms. The number of aromatic nitrogens is 2. The molecule has 0 aliphatic rings. The van der Waals surface area contributed by atoms with Gasteiger partial charge in [-0.3, -0.25) is 4.79 Å². The highest BCUT2D eigenvalue weighted by Crippen LogP contribution is 2.33. The Labute approximate surface area is 106 Å². The van der Waals surface area contributed by atoms with Gasteiger partial charge in [0, 0.05) is 13.6 Å². The van der Waals surface area contributed by atoms with Crippen LogP contribution in [-0.2, 0) is 11.0 Å². The maximum atomic E-state index is 12.3. The summed E-state index contributed by atoms with van der Waals surface area (Å²) in [4.78, 5) is 11.5. The van der Waals surface area contributed by atoms with Crippen LogP contribution in [0.2, 0.25) is 0 Å². The van der Waals surface area contributed by atoms with Crippen LogP contribution in [0.25, 0.3) is 0 Å². The zero-order chi connectivity index (χ0) is 14.0. The molecule has 9 heteroatoms. The highest BCUT2D eigenvalue weighted by atomic mass is 32.1. The Morgan fingerprint density at radius 2 is 1.94 bits per heavy atom. The van der Waals surface area contributed by atoms with E-state index in [1.165, 1.54) is 7.05 Å². The van der Waals surface area contributed by atoms with E-state index in [-0.39, 0.29) is 17.6 Å². The summed E-state index contributed by atoms with van der Waals surface area (Å²) in [5.41, 5.74) is -0.751. The van der Waals surface area contributed by atoms with Crippen LogP contribution >= 0.6 is 11.3 Å². The summed E-state index contributed by atoms with van der Waals surface area (Å²) in [7, 11) is 1.50. The van der Waals surface area contributed by atoms with Crippen molar-refractivity contribution in [1.29, 1.82) is 0 Å². The van der Waals surface area contributed by atoms with E-state index in [1.807, 2.05) is 0 Å². The summed E-state index contributed by atoms with van der Waals surface area (Å²) in [5, 5.41) is 10.6. The van der Waals surface area contributed by atoms with Gasteiger partial charge in [-0.1, -0.05) is 11.3 Å². The quantitative estimate of drug-likeness (QED) is 0.882. The number of anilines is 1. The Bertz CT molecular complexity index is 430. The average Bonchev–Trinajstić information content (AvgIpc) is 2.73. The molecule has 0 aliphatic carbocycles. The Morgan fingerprint density at radius 3 is 2.39 bits per heavy atom. The molecule has 0 unspecified atom stereocenters. The second-order valence-electron chi connectivity index (χ2n) is 4.23. The van der Waals surface area contributed by atoms with Crippen LogP contribution in [0.15, 0.2) is 0 Å². The van der Waals surface area contributed by atoms with Gasteiger partial charge in [0.25, 0.3) is 0 Å². The molecular weight excluding hydrogens is 269 g/mol. The Morgan fingerprint density at radius 1 is 1.33 bits per heavy atom. The summed E-state index contributed by atoms with van der Waals surface area (Å²) < 4.78 is 36.8. The molecule has 0 aliphatic heterocycles. The lowest BCUT2D eigenvalue weighted by molar-refractivity contribution is -0.138. The lowest BCUT2D eigenvalue weighted by atomic mass is 9.92. The van der Waals surface area contributed by atoms with E-state index in [2.05, 4.69) is 20.8 Å². The van der Waals surface area contributed by atoms with Crippen LogP contribution in [0, 0.1) is 5.41 Å². The fraction of sp³-hybridized carbons (Fsp3) is 0.667. The first-order valence-electron chi connectivity index (χ1n) is 5.03. The van der Waals surface area contributed by atoms with Crippen molar-refractivity contribution in [3.05, 3.63) is 5.01 Å². The maximum absolute atomic E-state index is 12.3. The smallest absolute Gasteiger partial charge is 0.359 e. The first-order valence-corrected chi connectivity index (χ1v) is 5.85. The molecule has 0 bridgehead atoms. The van der Waals surface area contributed by atoms with Gasteiger partial charge in [0.2, 0.25) is 16.0 Å². The van der Waals surface area contributed by atoms with Crippen molar-refractivity contribution in [3.8, 4) is 0 Å². The zero-order valence-corrected chi connectivity index (χ0v) is 10.9. The van der Waals surface area contributed by atoms with E-state index in [9.17, 15) is 18.0 Å². The van der Waals surface area contributed by atoms with Crippen molar-refractivity contribution >= 4 is 22.4 Å². The second-order valence-corrected chi connectivity index (χ2v) is 5.20. The molecule has 1 amide bonds. The maximum Gasteiger partial charge on any atom is 0.445 e. The summed E-state index contributed by atoms with van der Waals surface area (Å²) in [5.74, 6) is -0.212. The van der Waals surface area contributed by atoms with Gasteiger partial charge in [-0.15, -0.1) is 10.2 Å². The molecule has 0 radical (unpaired) electrons. The first-order chi connectivity index (χ1) is 8.16. The van der Waals surface area contributed by atoms with Crippen LogP contribution in [0.4, 0.5) is 18.3 Å². The van der Waals surface area contributed by atoms with Gasteiger partial charge in [0.05, 0.1) is 5.41 Å². The highest BCUT2D eigenvalue weighted by Gasteiger charge is 2.36. The molecule has 5 nitrogen and oxygen atoms in total. The fourth-order valence-corrected chi connectivity index (χ4v) is 1.73. The number of carbonyl (C=O) groups excluding carboxylic acids is 1. The third kappa shape index (κ3) is 3.56. The van der Waals surface area contributed by atoms with Gasteiger partial charge in [-0.25, -0.2) is 0 Å². The topological polar surface area (TPSA) is 66.9 Å². The molecule has 1 rings (SSSR count). The first kappa shape index (κ1) is 14.7. The van der Waals surface area contributed by atoms with Crippen LogP contribution in [-0.4, -0.2) is 29.7 Å². The predicted molar refractivity (Wildman–Crippen MR) is 61.2 cm³/mol. The second kappa shape index (κ2) is 5.09. The minimum Gasteiger partial charge on any atom is -0.359 e. The molecule has 102 valence electrons. The lowest BCUT2D eigenvalue weighted by Crippen LogP contribution is -2.39. The van der Waals surface area contributed by atoms with E-state index in [0.29, 0.717) is 11.3 Å². The summed E-state index contributed by atoms with van der Waals surface area (Å²) >= 11 is 0.410. The van der Waals surface area contributed by atoms with Crippen molar-refractivity contribution in [3.63, 3.8) is 0 Å². The molecule has 0 aromatic carbocycles. The molecule has 0 saturated carbocycles. The van der Waals surface area contributed by atoms with Crippen LogP contribution in [0.1, 0.15) is 18.9 Å². The van der Waals surface area contributed by atoms with Gasteiger partial charge in [-0.05, 0) is 13.8 Å². The molecule has 0 saturated heterocycles. The van der Waals surface area contributed by atoms with Gasteiger partial charge in [0.1, 0.15) is 0 Å². The SMILES string of the molecule is CNC(=O)C(C)(C)CNc1nnc(C(F)(F)F)s1. The number of amides is 1. The number of alkyl halides is 3. The van der Waals surface area contributed by atoms with E-state index in [4.69, 9.17) is 0 Å². The van der Waals surface area contributed by atoms with Gasteiger partial charge >= 0.3 is 6.18 Å². The fourth-order valence-electron chi connectivity index (χ4n) is 1.12. The van der Waals surface area contributed by atoms with Crippen molar-refractivity contribution in [2.75, 3.05) is 18.9 Å². The third-order valence-electron chi connectivity index (χ3n) is 2.19. The summed E-state index contributed by atoms with van der Waals surface area (Å²) in [6, 6.07) is 0. The molecule has 0 atom stereocenters. The van der Waals surface area contributed by atoms with Crippen molar-refractivity contribution in [1.82, 2.24) is 15.5 Å². The summed E-state index contributed by atoms with van der Waals surface area (Å²) in [6.45, 7) is 3.51. The van der Waals surface area contributed by atoms with Crippen molar-refractivity contribution < 1.29 is 18.0 Å². The standard InChI is InChI=1S/C9H13F3N4OS/c1-8(2,5(17)13-3)4-14-7-16-15-6(18-7)9(10,11)12/h4H2,1-3H3,(H,13,17)(H,14,16). The Balaban J connectivity index is 2.65. The van der Waals surface area contributed by atoms with Gasteiger partial charge < -0.3 is 10.6 Å². The monoisotopic (exact) mass is 282 g/mol. The van der Waals surface area contributed by atoms with E-state index in [0.717, 1.165) is 0 Å². The van der Waals surface area contributed by atoms with Gasteiger partial charge in [-0.2, -0.15) is 13.2 Å². The van der Waals surface area contributed by atoms with Crippen molar-refractivity contribution in [2.24, 2.45) is 5.41 Å². The van der Waals surface area contributed by atoms with Crippen LogP contribution in [0.3, 0.4) is 0 Å². The van der Waals surface area contributed by atoms with Gasteiger partial charge in [0.15, 0.2) is 0 Å².